The van der Waals surface area contributed by atoms with Gasteiger partial charge < -0.3 is 9.73 Å². The molecule has 2 aromatic carbocycles. The number of nitrogens with zero attached hydrogens (tertiary/aromatic N) is 1. The molecule has 1 N–H and O–H groups in total. The number of ketones is 1. The number of oxazole rings is 1. The number of fused-ring (bicyclic) bond motifs is 1. The molecule has 0 saturated carbocycles. The van der Waals surface area contributed by atoms with E-state index in [1.807, 2.05) is 48.5 Å². The fourth-order valence-corrected chi connectivity index (χ4v) is 3.13. The van der Waals surface area contributed by atoms with Gasteiger partial charge in [0.1, 0.15) is 5.52 Å². The number of carbonyl (C=O) groups is 2. The van der Waals surface area contributed by atoms with Crippen LogP contribution >= 0.6 is 0 Å². The maximum absolute atomic E-state index is 13.1. The lowest BCUT2D eigenvalue weighted by molar-refractivity contribution is -0.121. The van der Waals surface area contributed by atoms with Crippen LogP contribution in [0.3, 0.4) is 0 Å². The third-order valence-electron chi connectivity index (χ3n) is 4.73. The Bertz CT molecular complexity index is 898. The van der Waals surface area contributed by atoms with Gasteiger partial charge in [-0.2, -0.15) is 0 Å². The number of hydrogen-bond acceptors (Lipinski definition) is 4. The molecule has 0 radical (unpaired) electrons. The van der Waals surface area contributed by atoms with Crippen LogP contribution in [0.15, 0.2) is 59.0 Å². The molecule has 5 nitrogen and oxygen atoms in total. The summed E-state index contributed by atoms with van der Waals surface area (Å²) in [6, 6.07) is 16.9. The molecule has 28 heavy (non-hydrogen) atoms. The van der Waals surface area contributed by atoms with Gasteiger partial charge in [-0.15, -0.1) is 0 Å². The molecule has 0 spiro atoms. The highest BCUT2D eigenvalue weighted by Gasteiger charge is 2.26. The zero-order chi connectivity index (χ0) is 19.9. The average molecular weight is 378 g/mol. The molecule has 1 aromatic heterocycles. The highest BCUT2D eigenvalue weighted by molar-refractivity contribution is 5.99. The van der Waals surface area contributed by atoms with Crippen molar-refractivity contribution in [3.8, 4) is 0 Å². The molecule has 3 aromatic rings. The standard InChI is InChI=1S/C23H26N2O3/c1-16(2)12-13-21(26)24-15-14-18(17-8-4-3-5-9-17)22(27)23-25-19-10-6-7-11-20(19)28-23/h3-11,16,18H,12-15H2,1-2H3,(H,24,26). The number of nitrogens with one attached hydrogen (secondary N) is 1. The first-order chi connectivity index (χ1) is 13.5. The number of rotatable bonds is 9. The number of hydrogen-bond donors (Lipinski definition) is 1. The maximum Gasteiger partial charge on any atom is 0.264 e. The van der Waals surface area contributed by atoms with E-state index in [1.165, 1.54) is 0 Å². The second-order valence-electron chi connectivity index (χ2n) is 7.39. The Kier molecular flexibility index (Phi) is 6.58. The Morgan fingerprint density at radius 3 is 2.43 bits per heavy atom. The first-order valence-electron chi connectivity index (χ1n) is 9.76. The van der Waals surface area contributed by atoms with E-state index in [-0.39, 0.29) is 17.6 Å². The minimum absolute atomic E-state index is 0.0230. The van der Waals surface area contributed by atoms with Gasteiger partial charge in [0.2, 0.25) is 11.7 Å². The van der Waals surface area contributed by atoms with E-state index >= 15 is 0 Å². The van der Waals surface area contributed by atoms with E-state index in [1.54, 1.807) is 6.07 Å². The molecule has 5 heteroatoms. The summed E-state index contributed by atoms with van der Waals surface area (Å²) in [5.41, 5.74) is 2.16. The van der Waals surface area contributed by atoms with Crippen LogP contribution in [-0.4, -0.2) is 23.2 Å². The minimum Gasteiger partial charge on any atom is -0.434 e. The largest absolute Gasteiger partial charge is 0.434 e. The summed E-state index contributed by atoms with van der Waals surface area (Å²) in [6.45, 7) is 4.62. The van der Waals surface area contributed by atoms with Gasteiger partial charge in [0.05, 0.1) is 5.92 Å². The van der Waals surface area contributed by atoms with E-state index in [0.29, 0.717) is 36.4 Å². The lowest BCUT2D eigenvalue weighted by Crippen LogP contribution is -2.27. The second kappa shape index (κ2) is 9.31. The van der Waals surface area contributed by atoms with E-state index in [2.05, 4.69) is 24.1 Å². The molecule has 1 atom stereocenters. The lowest BCUT2D eigenvalue weighted by atomic mass is 9.91. The van der Waals surface area contributed by atoms with E-state index in [0.717, 1.165) is 12.0 Å². The highest BCUT2D eigenvalue weighted by Crippen LogP contribution is 2.26. The van der Waals surface area contributed by atoms with Crippen molar-refractivity contribution in [2.24, 2.45) is 5.92 Å². The lowest BCUT2D eigenvalue weighted by Gasteiger charge is -2.15. The quantitative estimate of drug-likeness (QED) is 0.546. The molecule has 3 rings (SSSR count). The van der Waals surface area contributed by atoms with Crippen LogP contribution in [0.25, 0.3) is 11.1 Å². The number of aromatic nitrogens is 1. The molecule has 0 aliphatic carbocycles. The molecular formula is C23H26N2O3. The highest BCUT2D eigenvalue weighted by atomic mass is 16.4. The van der Waals surface area contributed by atoms with Crippen molar-refractivity contribution >= 4 is 22.8 Å². The predicted octanol–water partition coefficient (Wildman–Crippen LogP) is 4.74. The van der Waals surface area contributed by atoms with Crippen LogP contribution in [0, 0.1) is 5.92 Å². The molecule has 0 fully saturated rings. The normalized spacial score (nSPS) is 12.2. The van der Waals surface area contributed by atoms with Gasteiger partial charge in [0.25, 0.3) is 5.89 Å². The third-order valence-corrected chi connectivity index (χ3v) is 4.73. The van der Waals surface area contributed by atoms with Crippen molar-refractivity contribution in [3.05, 3.63) is 66.1 Å². The molecule has 0 aliphatic heterocycles. The fraction of sp³-hybridized carbons (Fsp3) is 0.348. The topological polar surface area (TPSA) is 72.2 Å². The number of para-hydroxylation sites is 2. The maximum atomic E-state index is 13.1. The summed E-state index contributed by atoms with van der Waals surface area (Å²) in [7, 11) is 0. The van der Waals surface area contributed by atoms with Gasteiger partial charge >= 0.3 is 0 Å². The van der Waals surface area contributed by atoms with Crippen LogP contribution in [0.4, 0.5) is 0 Å². The number of amides is 1. The van der Waals surface area contributed by atoms with Crippen molar-refractivity contribution in [3.63, 3.8) is 0 Å². The molecule has 0 aliphatic rings. The average Bonchev–Trinajstić information content (AvgIpc) is 3.14. The Hall–Kier alpha value is -2.95. The summed E-state index contributed by atoms with van der Waals surface area (Å²) < 4.78 is 5.68. The second-order valence-corrected chi connectivity index (χ2v) is 7.39. The van der Waals surface area contributed by atoms with Crippen LogP contribution in [0.1, 0.15) is 55.3 Å². The van der Waals surface area contributed by atoms with Crippen LogP contribution in [0.5, 0.6) is 0 Å². The Labute approximate surface area is 165 Å². The molecule has 0 bridgehead atoms. The Balaban J connectivity index is 1.72. The molecule has 0 saturated heterocycles. The van der Waals surface area contributed by atoms with Gasteiger partial charge in [-0.1, -0.05) is 56.3 Å². The van der Waals surface area contributed by atoms with Gasteiger partial charge in [-0.05, 0) is 36.5 Å². The SMILES string of the molecule is CC(C)CCC(=O)NCCC(C(=O)c1nc2ccccc2o1)c1ccccc1. The zero-order valence-electron chi connectivity index (χ0n) is 16.4. The van der Waals surface area contributed by atoms with Gasteiger partial charge in [0.15, 0.2) is 5.58 Å². The van der Waals surface area contributed by atoms with Crippen molar-refractivity contribution in [1.29, 1.82) is 0 Å². The first kappa shape index (κ1) is 19.8. The van der Waals surface area contributed by atoms with Gasteiger partial charge in [-0.3, -0.25) is 9.59 Å². The van der Waals surface area contributed by atoms with E-state index in [9.17, 15) is 9.59 Å². The first-order valence-corrected chi connectivity index (χ1v) is 9.76. The monoisotopic (exact) mass is 378 g/mol. The number of Topliss-reactive ketones (excluding diaryl/α,β-unsaturated/α-hetero) is 1. The smallest absolute Gasteiger partial charge is 0.264 e. The number of benzene rings is 2. The van der Waals surface area contributed by atoms with Crippen LogP contribution in [-0.2, 0) is 4.79 Å². The molecule has 146 valence electrons. The summed E-state index contributed by atoms with van der Waals surface area (Å²) in [5, 5.41) is 2.93. The van der Waals surface area contributed by atoms with Gasteiger partial charge in [0, 0.05) is 13.0 Å². The van der Waals surface area contributed by atoms with Crippen molar-refractivity contribution in [2.45, 2.75) is 39.0 Å². The van der Waals surface area contributed by atoms with Gasteiger partial charge in [-0.25, -0.2) is 4.98 Å². The summed E-state index contributed by atoms with van der Waals surface area (Å²) >= 11 is 0. The summed E-state index contributed by atoms with van der Waals surface area (Å²) in [5.74, 6) is 0.0399. The fourth-order valence-electron chi connectivity index (χ4n) is 3.13. The van der Waals surface area contributed by atoms with Crippen LogP contribution in [0.2, 0.25) is 0 Å². The predicted molar refractivity (Wildman–Crippen MR) is 109 cm³/mol. The Morgan fingerprint density at radius 2 is 1.71 bits per heavy atom. The van der Waals surface area contributed by atoms with Crippen molar-refractivity contribution < 1.29 is 14.0 Å². The summed E-state index contributed by atoms with van der Waals surface area (Å²) in [4.78, 5) is 29.5. The summed E-state index contributed by atoms with van der Waals surface area (Å²) in [6.07, 6.45) is 1.86. The van der Waals surface area contributed by atoms with Crippen molar-refractivity contribution in [1.82, 2.24) is 10.3 Å². The number of carbonyl (C=O) groups excluding carboxylic acids is 2. The molecule has 1 amide bonds. The minimum atomic E-state index is -0.417. The molecular weight excluding hydrogens is 352 g/mol. The molecule has 1 unspecified atom stereocenters. The Morgan fingerprint density at radius 1 is 1.00 bits per heavy atom. The molecule has 1 heterocycles. The van der Waals surface area contributed by atoms with Crippen molar-refractivity contribution in [2.75, 3.05) is 6.54 Å². The van der Waals surface area contributed by atoms with E-state index in [4.69, 9.17) is 4.42 Å². The van der Waals surface area contributed by atoms with E-state index < -0.39 is 5.92 Å². The van der Waals surface area contributed by atoms with Crippen LogP contribution < -0.4 is 5.32 Å². The third kappa shape index (κ3) is 5.06. The zero-order valence-corrected chi connectivity index (χ0v) is 16.4.